The lowest BCUT2D eigenvalue weighted by Crippen LogP contribution is -2.51. The van der Waals surface area contributed by atoms with Gasteiger partial charge in [0, 0.05) is 49.6 Å². The lowest BCUT2D eigenvalue weighted by atomic mass is 10.0. The van der Waals surface area contributed by atoms with Crippen LogP contribution in [-0.2, 0) is 38.1 Å². The van der Waals surface area contributed by atoms with E-state index in [9.17, 15) is 19.2 Å². The van der Waals surface area contributed by atoms with Crippen molar-refractivity contribution in [3.8, 4) is 22.8 Å². The molecule has 0 saturated carbocycles. The zero-order valence-electron chi connectivity index (χ0n) is 31.9. The van der Waals surface area contributed by atoms with E-state index in [-0.39, 0.29) is 11.5 Å². The van der Waals surface area contributed by atoms with Crippen LogP contribution in [0.1, 0.15) is 27.7 Å². The minimum absolute atomic E-state index is 0.153. The fourth-order valence-corrected chi connectivity index (χ4v) is 5.81. The summed E-state index contributed by atoms with van der Waals surface area (Å²) in [6.45, 7) is 3.96. The average Bonchev–Trinajstić information content (AvgIpc) is 3.22. The number of hydrogen-bond donors (Lipinski definition) is 2. The molecule has 0 aliphatic carbocycles. The predicted molar refractivity (Wildman–Crippen MR) is 216 cm³/mol. The summed E-state index contributed by atoms with van der Waals surface area (Å²) < 4.78 is 22.1. The number of rotatable bonds is 15. The number of nitrogens with one attached hydrogen (secondary N) is 2. The monoisotopic (exact) mass is 782 g/mol. The Bertz CT molecular complexity index is 2500. The summed E-state index contributed by atoms with van der Waals surface area (Å²) in [7, 11) is 0. The second-order valence-corrected chi connectivity index (χ2v) is 12.6. The van der Waals surface area contributed by atoms with Crippen LogP contribution < -0.4 is 10.9 Å². The van der Waals surface area contributed by atoms with Crippen LogP contribution in [0.5, 0.6) is 0 Å². The normalized spacial score (nSPS) is 13.0. The fraction of sp³-hybridized carbons (Fsp3) is 0.190. The molecule has 4 aromatic carbocycles. The van der Waals surface area contributed by atoms with Gasteiger partial charge in [-0.3, -0.25) is 30.0 Å². The van der Waals surface area contributed by atoms with Crippen LogP contribution in [0.25, 0.3) is 44.6 Å². The van der Waals surface area contributed by atoms with Crippen LogP contribution in [0, 0.1) is 0 Å². The van der Waals surface area contributed by atoms with E-state index >= 15 is 0 Å². The molecule has 0 amide bonds. The van der Waals surface area contributed by atoms with Crippen molar-refractivity contribution in [2.24, 2.45) is 10.2 Å². The Morgan fingerprint density at radius 2 is 1.07 bits per heavy atom. The molecule has 0 aliphatic rings. The number of carbonyl (C=O) groups excluding carboxylic acids is 4. The highest BCUT2D eigenvalue weighted by atomic mass is 16.6. The van der Waals surface area contributed by atoms with E-state index < -0.39 is 48.8 Å². The van der Waals surface area contributed by atoms with Gasteiger partial charge in [-0.1, -0.05) is 84.9 Å². The number of nitrogens with zero attached hydrogens (tertiary/aromatic N) is 6. The molecule has 16 heteroatoms. The molecular weight excluding hydrogens is 745 g/mol. The van der Waals surface area contributed by atoms with Crippen molar-refractivity contribution in [1.29, 1.82) is 0 Å². The summed E-state index contributed by atoms with van der Waals surface area (Å²) in [5.41, 5.74) is 8.51. The van der Waals surface area contributed by atoms with Crippen LogP contribution >= 0.6 is 0 Å². The quantitative estimate of drug-likeness (QED) is 0.0520. The largest absolute Gasteiger partial charge is 0.462 e. The molecule has 0 saturated heterocycles. The van der Waals surface area contributed by atoms with Gasteiger partial charge in [0.25, 0.3) is 0 Å². The van der Waals surface area contributed by atoms with E-state index in [1.165, 1.54) is 6.21 Å². The van der Waals surface area contributed by atoms with Crippen molar-refractivity contribution in [3.05, 3.63) is 109 Å². The second-order valence-electron chi connectivity index (χ2n) is 12.6. The van der Waals surface area contributed by atoms with Crippen molar-refractivity contribution in [1.82, 2.24) is 19.9 Å². The molecule has 0 radical (unpaired) electrons. The third-order valence-electron chi connectivity index (χ3n) is 8.25. The zero-order valence-corrected chi connectivity index (χ0v) is 31.9. The summed E-state index contributed by atoms with van der Waals surface area (Å²) in [6, 6.07) is 33.3. The summed E-state index contributed by atoms with van der Waals surface area (Å²) in [5.74, 6) is -1.74. The smallest absolute Gasteiger partial charge is 0.303 e. The van der Waals surface area contributed by atoms with Crippen molar-refractivity contribution in [2.75, 3.05) is 17.5 Å². The van der Waals surface area contributed by atoms with Gasteiger partial charge in [-0.2, -0.15) is 10.2 Å². The van der Waals surface area contributed by atoms with Gasteiger partial charge in [-0.25, -0.2) is 19.9 Å². The lowest BCUT2D eigenvalue weighted by molar-refractivity contribution is -0.183. The number of esters is 4. The molecule has 58 heavy (non-hydrogen) atoms. The first-order valence-corrected chi connectivity index (χ1v) is 18.0. The van der Waals surface area contributed by atoms with Crippen molar-refractivity contribution < 1.29 is 38.1 Å². The van der Waals surface area contributed by atoms with E-state index in [1.807, 2.05) is 103 Å². The minimum atomic E-state index is -1.62. The summed E-state index contributed by atoms with van der Waals surface area (Å²) >= 11 is 0. The molecule has 0 spiro atoms. The van der Waals surface area contributed by atoms with Gasteiger partial charge in [0.05, 0.1) is 17.2 Å². The SMILES string of the molecule is CC(=O)OC[C@@H](OC(C)=O)[C@@H](OC(C)=O)[C@H](OC(C)=O)C(/C=N/Nc1nc(-c2ccccc2)nc2ccccc12)=N\Nc1nc(-c2ccccc2)nc2ccccc12. The van der Waals surface area contributed by atoms with E-state index in [1.54, 1.807) is 6.07 Å². The van der Waals surface area contributed by atoms with Crippen molar-refractivity contribution in [3.63, 3.8) is 0 Å². The molecular formula is C42H38N8O8. The number of aromatic nitrogens is 4. The predicted octanol–water partition coefficient (Wildman–Crippen LogP) is 6.13. The number of carbonyl (C=O) groups is 4. The molecule has 6 aromatic rings. The first-order valence-electron chi connectivity index (χ1n) is 18.0. The standard InChI is InChI=1S/C42H38N8O8/c1-25(51)55-24-36(56-26(2)52)38(58-28(4)54)37(57-27(3)53)35(48-50-42-32-20-12-14-22-34(32)45-40(47-42)30-17-9-6-10-18-30)23-43-49-41-31-19-11-13-21-33(31)44-39(46-41)29-15-7-5-8-16-29/h5-23,36-38H,24H2,1-4H3,(H,44,46,49)(H,45,47,50)/b43-23+,48-35-/t36-,37-,38-/m1/s1. The Morgan fingerprint density at radius 1 is 0.586 bits per heavy atom. The van der Waals surface area contributed by atoms with Crippen LogP contribution in [-0.4, -0.2) is 80.7 Å². The highest BCUT2D eigenvalue weighted by Gasteiger charge is 2.41. The number of anilines is 2. The Hall–Kier alpha value is -7.62. The van der Waals surface area contributed by atoms with Gasteiger partial charge >= 0.3 is 23.9 Å². The van der Waals surface area contributed by atoms with Crippen molar-refractivity contribution >= 4 is 69.2 Å². The fourth-order valence-electron chi connectivity index (χ4n) is 5.81. The topological polar surface area (TPSA) is 206 Å². The molecule has 0 bridgehead atoms. The summed E-state index contributed by atoms with van der Waals surface area (Å²) in [4.78, 5) is 68.6. The summed E-state index contributed by atoms with van der Waals surface area (Å²) in [5, 5.41) is 10.3. The third kappa shape index (κ3) is 10.4. The maximum absolute atomic E-state index is 12.8. The van der Waals surface area contributed by atoms with E-state index in [0.29, 0.717) is 39.3 Å². The van der Waals surface area contributed by atoms with E-state index in [0.717, 1.165) is 38.8 Å². The highest BCUT2D eigenvalue weighted by molar-refractivity contribution is 6.33. The number of hydrazone groups is 2. The molecule has 16 nitrogen and oxygen atoms in total. The van der Waals surface area contributed by atoms with Crippen molar-refractivity contribution in [2.45, 2.75) is 46.0 Å². The van der Waals surface area contributed by atoms with Gasteiger partial charge in [0.1, 0.15) is 12.3 Å². The van der Waals surface area contributed by atoms with Gasteiger partial charge in [-0.15, -0.1) is 0 Å². The number of para-hydroxylation sites is 2. The second kappa shape index (κ2) is 18.8. The number of hydrogen-bond acceptors (Lipinski definition) is 16. The molecule has 3 atom stereocenters. The van der Waals surface area contributed by atoms with E-state index in [2.05, 4.69) is 21.1 Å². The molecule has 0 unspecified atom stereocenters. The van der Waals surface area contributed by atoms with Gasteiger partial charge in [0.15, 0.2) is 41.6 Å². The molecule has 2 aromatic heterocycles. The zero-order chi connectivity index (χ0) is 41.0. The molecule has 2 heterocycles. The average molecular weight is 783 g/mol. The molecule has 0 fully saturated rings. The maximum Gasteiger partial charge on any atom is 0.303 e. The molecule has 294 valence electrons. The Labute approximate surface area is 332 Å². The number of ether oxygens (including phenoxy) is 4. The van der Waals surface area contributed by atoms with Gasteiger partial charge < -0.3 is 18.9 Å². The molecule has 6 rings (SSSR count). The van der Waals surface area contributed by atoms with Crippen LogP contribution in [0.4, 0.5) is 11.6 Å². The third-order valence-corrected chi connectivity index (χ3v) is 8.25. The first kappa shape index (κ1) is 40.1. The maximum atomic E-state index is 12.8. The lowest BCUT2D eigenvalue weighted by Gasteiger charge is -2.31. The van der Waals surface area contributed by atoms with Gasteiger partial charge in [0.2, 0.25) is 0 Å². The highest BCUT2D eigenvalue weighted by Crippen LogP contribution is 2.27. The van der Waals surface area contributed by atoms with Crippen LogP contribution in [0.15, 0.2) is 119 Å². The Balaban J connectivity index is 1.49. The molecule has 2 N–H and O–H groups in total. The first-order chi connectivity index (χ1) is 28.0. The number of benzene rings is 4. The van der Waals surface area contributed by atoms with Crippen LogP contribution in [0.3, 0.4) is 0 Å². The van der Waals surface area contributed by atoms with Crippen LogP contribution in [0.2, 0.25) is 0 Å². The minimum Gasteiger partial charge on any atom is -0.462 e. The Morgan fingerprint density at radius 3 is 1.57 bits per heavy atom. The molecule has 0 aliphatic heterocycles. The number of fused-ring (bicyclic) bond motifs is 2. The Kier molecular flexibility index (Phi) is 13.0. The van der Waals surface area contributed by atoms with Gasteiger partial charge in [-0.05, 0) is 24.3 Å². The van der Waals surface area contributed by atoms with E-state index in [4.69, 9.17) is 38.9 Å². The summed E-state index contributed by atoms with van der Waals surface area (Å²) in [6.07, 6.45) is -3.48.